The number of hydrogen-bond donors (Lipinski definition) is 0. The SMILES string of the molecule is CC(=O)N1CCC[C@@H]1c1nc2ccccc2n1C. The van der Waals surface area contributed by atoms with E-state index in [-0.39, 0.29) is 11.9 Å². The molecule has 1 aromatic carbocycles. The average molecular weight is 243 g/mol. The minimum Gasteiger partial charge on any atom is -0.333 e. The highest BCUT2D eigenvalue weighted by Crippen LogP contribution is 2.32. The maximum Gasteiger partial charge on any atom is 0.220 e. The molecule has 1 aliphatic heterocycles. The standard InChI is InChI=1S/C14H17N3O/c1-10(18)17-9-5-8-13(17)14-15-11-6-3-4-7-12(11)16(14)2/h3-4,6-7,13H,5,8-9H2,1-2H3/t13-/m1/s1. The van der Waals surface area contributed by atoms with Crippen LogP contribution in [-0.2, 0) is 11.8 Å². The van der Waals surface area contributed by atoms with Crippen LogP contribution in [0.3, 0.4) is 0 Å². The van der Waals surface area contributed by atoms with Crippen molar-refractivity contribution in [1.82, 2.24) is 14.5 Å². The van der Waals surface area contributed by atoms with E-state index in [4.69, 9.17) is 4.98 Å². The van der Waals surface area contributed by atoms with Gasteiger partial charge in [-0.1, -0.05) is 12.1 Å². The molecule has 18 heavy (non-hydrogen) atoms. The lowest BCUT2D eigenvalue weighted by Crippen LogP contribution is -2.29. The van der Waals surface area contributed by atoms with Gasteiger partial charge in [0.1, 0.15) is 5.82 Å². The molecular weight excluding hydrogens is 226 g/mol. The maximum atomic E-state index is 11.6. The van der Waals surface area contributed by atoms with Gasteiger partial charge in [-0.05, 0) is 25.0 Å². The molecule has 94 valence electrons. The monoisotopic (exact) mass is 243 g/mol. The Kier molecular flexibility index (Phi) is 2.58. The molecule has 2 aromatic rings. The van der Waals surface area contributed by atoms with E-state index in [2.05, 4.69) is 10.6 Å². The second-order valence-electron chi connectivity index (χ2n) is 4.89. The first-order valence-electron chi connectivity index (χ1n) is 6.37. The number of imidazole rings is 1. The van der Waals surface area contributed by atoms with Crippen LogP contribution in [0.4, 0.5) is 0 Å². The largest absolute Gasteiger partial charge is 0.333 e. The summed E-state index contributed by atoms with van der Waals surface area (Å²) >= 11 is 0. The number of amides is 1. The van der Waals surface area contributed by atoms with Crippen LogP contribution in [0.1, 0.15) is 31.6 Å². The minimum absolute atomic E-state index is 0.139. The number of nitrogens with zero attached hydrogens (tertiary/aromatic N) is 3. The maximum absolute atomic E-state index is 11.6. The molecule has 0 spiro atoms. The first-order chi connectivity index (χ1) is 8.68. The Morgan fingerprint density at radius 3 is 2.89 bits per heavy atom. The highest BCUT2D eigenvalue weighted by atomic mass is 16.2. The number of aromatic nitrogens is 2. The van der Waals surface area contributed by atoms with Crippen LogP contribution < -0.4 is 0 Å². The fourth-order valence-corrected chi connectivity index (χ4v) is 2.87. The van der Waals surface area contributed by atoms with Crippen molar-refractivity contribution in [2.75, 3.05) is 6.54 Å². The molecule has 4 heteroatoms. The van der Waals surface area contributed by atoms with Crippen LogP contribution in [0.25, 0.3) is 11.0 Å². The highest BCUT2D eigenvalue weighted by molar-refractivity contribution is 5.77. The van der Waals surface area contributed by atoms with E-state index in [0.29, 0.717) is 0 Å². The van der Waals surface area contributed by atoms with Crippen LogP contribution in [0.2, 0.25) is 0 Å². The van der Waals surface area contributed by atoms with Crippen molar-refractivity contribution >= 4 is 16.9 Å². The number of likely N-dealkylation sites (tertiary alicyclic amines) is 1. The van der Waals surface area contributed by atoms with E-state index in [0.717, 1.165) is 36.2 Å². The van der Waals surface area contributed by atoms with Gasteiger partial charge in [0.25, 0.3) is 0 Å². The third-order valence-electron chi connectivity index (χ3n) is 3.78. The summed E-state index contributed by atoms with van der Waals surface area (Å²) in [6.07, 6.45) is 2.07. The van der Waals surface area contributed by atoms with Crippen LogP contribution in [0, 0.1) is 0 Å². The molecule has 1 fully saturated rings. The normalized spacial score (nSPS) is 19.7. The molecule has 2 heterocycles. The van der Waals surface area contributed by atoms with Crippen LogP contribution in [0.15, 0.2) is 24.3 Å². The average Bonchev–Trinajstić information content (AvgIpc) is 2.94. The van der Waals surface area contributed by atoms with E-state index in [9.17, 15) is 4.79 Å². The van der Waals surface area contributed by atoms with Gasteiger partial charge in [-0.15, -0.1) is 0 Å². The number of hydrogen-bond acceptors (Lipinski definition) is 2. The molecule has 1 atom stereocenters. The Balaban J connectivity index is 2.09. The predicted octanol–water partition coefficient (Wildman–Crippen LogP) is 2.26. The molecular formula is C14H17N3O. The van der Waals surface area contributed by atoms with Crippen LogP contribution >= 0.6 is 0 Å². The first kappa shape index (κ1) is 11.3. The second kappa shape index (κ2) is 4.12. The number of rotatable bonds is 1. The highest BCUT2D eigenvalue weighted by Gasteiger charge is 2.31. The Morgan fingerprint density at radius 1 is 1.39 bits per heavy atom. The smallest absolute Gasteiger partial charge is 0.220 e. The second-order valence-corrected chi connectivity index (χ2v) is 4.89. The van der Waals surface area contributed by atoms with Gasteiger partial charge in [0.15, 0.2) is 0 Å². The number of carbonyl (C=O) groups is 1. The zero-order valence-electron chi connectivity index (χ0n) is 10.8. The molecule has 0 unspecified atom stereocenters. The molecule has 1 saturated heterocycles. The number of carbonyl (C=O) groups excluding carboxylic acids is 1. The van der Waals surface area contributed by atoms with Crippen LogP contribution in [0.5, 0.6) is 0 Å². The summed E-state index contributed by atoms with van der Waals surface area (Å²) in [4.78, 5) is 18.3. The van der Waals surface area contributed by atoms with Gasteiger partial charge in [-0.2, -0.15) is 0 Å². The Labute approximate surface area is 106 Å². The molecule has 1 aliphatic rings. The minimum atomic E-state index is 0.139. The topological polar surface area (TPSA) is 38.1 Å². The lowest BCUT2D eigenvalue weighted by molar-refractivity contribution is -0.129. The van der Waals surface area contributed by atoms with Crippen molar-refractivity contribution in [3.8, 4) is 0 Å². The van der Waals surface area contributed by atoms with E-state index < -0.39 is 0 Å². The van der Waals surface area contributed by atoms with Crippen molar-refractivity contribution < 1.29 is 4.79 Å². The molecule has 0 radical (unpaired) electrons. The lowest BCUT2D eigenvalue weighted by Gasteiger charge is -2.22. The summed E-state index contributed by atoms with van der Waals surface area (Å²) in [5.41, 5.74) is 2.13. The zero-order valence-corrected chi connectivity index (χ0v) is 10.8. The van der Waals surface area contributed by atoms with Gasteiger partial charge >= 0.3 is 0 Å². The van der Waals surface area contributed by atoms with Crippen molar-refractivity contribution in [3.63, 3.8) is 0 Å². The van der Waals surface area contributed by atoms with Gasteiger partial charge in [-0.25, -0.2) is 4.98 Å². The lowest BCUT2D eigenvalue weighted by atomic mass is 10.2. The number of benzene rings is 1. The zero-order chi connectivity index (χ0) is 12.7. The molecule has 0 bridgehead atoms. The number of aryl methyl sites for hydroxylation is 1. The van der Waals surface area contributed by atoms with Crippen LogP contribution in [-0.4, -0.2) is 26.9 Å². The first-order valence-corrected chi connectivity index (χ1v) is 6.37. The summed E-state index contributed by atoms with van der Waals surface area (Å²) in [7, 11) is 2.03. The van der Waals surface area contributed by atoms with E-state index >= 15 is 0 Å². The van der Waals surface area contributed by atoms with E-state index in [1.54, 1.807) is 6.92 Å². The van der Waals surface area contributed by atoms with Gasteiger partial charge in [0, 0.05) is 20.5 Å². The van der Waals surface area contributed by atoms with Gasteiger partial charge in [0.2, 0.25) is 5.91 Å². The molecule has 3 rings (SSSR count). The summed E-state index contributed by atoms with van der Waals surface area (Å²) in [5.74, 6) is 1.15. The van der Waals surface area contributed by atoms with Crippen molar-refractivity contribution in [2.45, 2.75) is 25.8 Å². The number of para-hydroxylation sites is 2. The summed E-state index contributed by atoms with van der Waals surface area (Å²) in [6.45, 7) is 2.49. The van der Waals surface area contributed by atoms with Crippen molar-refractivity contribution in [2.24, 2.45) is 7.05 Å². The molecule has 0 saturated carbocycles. The van der Waals surface area contributed by atoms with Gasteiger partial charge < -0.3 is 9.47 Å². The summed E-state index contributed by atoms with van der Waals surface area (Å²) in [5, 5.41) is 0. The molecule has 0 aliphatic carbocycles. The van der Waals surface area contributed by atoms with E-state index in [1.807, 2.05) is 30.1 Å². The third-order valence-corrected chi connectivity index (χ3v) is 3.78. The van der Waals surface area contributed by atoms with E-state index in [1.165, 1.54) is 0 Å². The molecule has 1 amide bonds. The Hall–Kier alpha value is -1.84. The Bertz CT molecular complexity index is 602. The third kappa shape index (κ3) is 1.60. The predicted molar refractivity (Wildman–Crippen MR) is 70.1 cm³/mol. The van der Waals surface area contributed by atoms with Gasteiger partial charge in [-0.3, -0.25) is 4.79 Å². The summed E-state index contributed by atoms with van der Waals surface area (Å²) < 4.78 is 2.11. The Morgan fingerprint density at radius 2 is 2.17 bits per heavy atom. The molecule has 0 N–H and O–H groups in total. The fraction of sp³-hybridized carbons (Fsp3) is 0.429. The van der Waals surface area contributed by atoms with Crippen molar-refractivity contribution in [3.05, 3.63) is 30.1 Å². The molecule has 1 aromatic heterocycles. The number of fused-ring (bicyclic) bond motifs is 1. The van der Waals surface area contributed by atoms with Crippen molar-refractivity contribution in [1.29, 1.82) is 0 Å². The quantitative estimate of drug-likeness (QED) is 0.770. The fourth-order valence-electron chi connectivity index (χ4n) is 2.87. The summed E-state index contributed by atoms with van der Waals surface area (Å²) in [6, 6.07) is 8.24. The molecule has 4 nitrogen and oxygen atoms in total. The van der Waals surface area contributed by atoms with Gasteiger partial charge in [0.05, 0.1) is 17.1 Å².